The number of carbonyl (C=O) groups is 1. The first kappa shape index (κ1) is 12.5. The number of aromatic carboxylic acids is 1. The van der Waals surface area contributed by atoms with E-state index >= 15 is 0 Å². The van der Waals surface area contributed by atoms with Crippen LogP contribution in [0.4, 0.5) is 11.4 Å². The molecule has 0 bridgehead atoms. The van der Waals surface area contributed by atoms with Crippen molar-refractivity contribution in [2.45, 2.75) is 0 Å². The highest BCUT2D eigenvalue weighted by Gasteiger charge is 2.12. The van der Waals surface area contributed by atoms with Crippen LogP contribution in [-0.2, 0) is 0 Å². The molecule has 0 heterocycles. The number of nitrogen functional groups attached to an aromatic ring is 1. The van der Waals surface area contributed by atoms with Gasteiger partial charge in [0.25, 0.3) is 0 Å². The summed E-state index contributed by atoms with van der Waals surface area (Å²) in [5, 5.41) is 12.6. The van der Waals surface area contributed by atoms with E-state index in [9.17, 15) is 4.79 Å². The highest BCUT2D eigenvalue weighted by Crippen LogP contribution is 2.31. The number of azide groups is 1. The van der Waals surface area contributed by atoms with Crippen LogP contribution in [0.25, 0.3) is 21.6 Å². The lowest BCUT2D eigenvalue weighted by molar-refractivity contribution is 0.0698. The van der Waals surface area contributed by atoms with E-state index in [0.29, 0.717) is 22.5 Å². The quantitative estimate of drug-likeness (QED) is 0.377. The number of hydrogen-bond donors (Lipinski definition) is 2. The number of rotatable bonds is 3. The molecule has 2 rings (SSSR count). The van der Waals surface area contributed by atoms with Crippen molar-refractivity contribution in [2.24, 2.45) is 5.11 Å². The van der Waals surface area contributed by atoms with Crippen LogP contribution in [0.3, 0.4) is 0 Å². The lowest BCUT2D eigenvalue weighted by atomic mass is 9.98. The van der Waals surface area contributed by atoms with Crippen LogP contribution in [0.1, 0.15) is 10.4 Å². The molecule has 3 N–H and O–H groups in total. The largest absolute Gasteiger partial charge is 0.478 e. The second-order valence-electron chi connectivity index (χ2n) is 3.81. The second kappa shape index (κ2) is 5.12. The summed E-state index contributed by atoms with van der Waals surface area (Å²) in [7, 11) is 0. The summed E-state index contributed by atoms with van der Waals surface area (Å²) in [6, 6.07) is 11.3. The zero-order chi connectivity index (χ0) is 13.8. The molecule has 6 nitrogen and oxygen atoms in total. The summed E-state index contributed by atoms with van der Waals surface area (Å²) in [6.07, 6.45) is 0. The van der Waals surface area contributed by atoms with Crippen LogP contribution in [0.2, 0.25) is 0 Å². The first-order chi connectivity index (χ1) is 9.13. The predicted molar refractivity (Wildman–Crippen MR) is 72.1 cm³/mol. The average molecular weight is 254 g/mol. The maximum atomic E-state index is 11.2. The topological polar surface area (TPSA) is 112 Å². The third-order valence-electron chi connectivity index (χ3n) is 2.64. The van der Waals surface area contributed by atoms with Crippen molar-refractivity contribution in [3.63, 3.8) is 0 Å². The van der Waals surface area contributed by atoms with Gasteiger partial charge in [-0.05, 0) is 23.2 Å². The monoisotopic (exact) mass is 254 g/mol. The molecule has 0 atom stereocenters. The van der Waals surface area contributed by atoms with Crippen molar-refractivity contribution >= 4 is 17.3 Å². The Bertz CT molecular complexity index is 691. The smallest absolute Gasteiger partial charge is 0.336 e. The molecule has 94 valence electrons. The maximum absolute atomic E-state index is 11.2. The van der Waals surface area contributed by atoms with Gasteiger partial charge in [-0.15, -0.1) is 0 Å². The van der Waals surface area contributed by atoms with E-state index in [2.05, 4.69) is 10.0 Å². The Balaban J connectivity index is 2.60. The highest BCUT2D eigenvalue weighted by atomic mass is 16.4. The number of benzene rings is 2. The third-order valence-corrected chi connectivity index (χ3v) is 2.64. The number of hydrogen-bond acceptors (Lipinski definition) is 3. The molecule has 2 aromatic carbocycles. The fraction of sp³-hybridized carbons (Fsp3) is 0. The lowest BCUT2D eigenvalue weighted by Crippen LogP contribution is -2.00. The van der Waals surface area contributed by atoms with Gasteiger partial charge in [0, 0.05) is 21.8 Å². The average Bonchev–Trinajstić information content (AvgIpc) is 2.39. The van der Waals surface area contributed by atoms with Gasteiger partial charge in [-0.3, -0.25) is 0 Å². The standard InChI is InChI=1S/C13H10N4O2/c14-12-7-8(16-17-15)5-6-10(12)9-3-1-2-4-11(9)13(18)19/h1-7H,14H2,(H,18,19). The van der Waals surface area contributed by atoms with Gasteiger partial charge in [-0.1, -0.05) is 35.4 Å². The van der Waals surface area contributed by atoms with Crippen LogP contribution in [0.15, 0.2) is 47.6 Å². The fourth-order valence-electron chi connectivity index (χ4n) is 1.81. The molecule has 0 aliphatic heterocycles. The molecular weight excluding hydrogens is 244 g/mol. The van der Waals surface area contributed by atoms with E-state index < -0.39 is 5.97 Å². The lowest BCUT2D eigenvalue weighted by Gasteiger charge is -2.09. The maximum Gasteiger partial charge on any atom is 0.336 e. The highest BCUT2D eigenvalue weighted by molar-refractivity contribution is 5.98. The fourth-order valence-corrected chi connectivity index (χ4v) is 1.81. The summed E-state index contributed by atoms with van der Waals surface area (Å²) in [5.74, 6) is -1.02. The zero-order valence-electron chi connectivity index (χ0n) is 9.82. The Hall–Kier alpha value is -2.98. The predicted octanol–water partition coefficient (Wildman–Crippen LogP) is 3.58. The van der Waals surface area contributed by atoms with Crippen LogP contribution in [0, 0.1) is 0 Å². The van der Waals surface area contributed by atoms with Gasteiger partial charge in [-0.2, -0.15) is 0 Å². The second-order valence-corrected chi connectivity index (χ2v) is 3.81. The van der Waals surface area contributed by atoms with Crippen molar-refractivity contribution in [2.75, 3.05) is 5.73 Å². The van der Waals surface area contributed by atoms with Crippen molar-refractivity contribution in [3.05, 3.63) is 58.5 Å². The minimum Gasteiger partial charge on any atom is -0.478 e. The van der Waals surface area contributed by atoms with E-state index in [0.717, 1.165) is 0 Å². The number of carboxylic acid groups (broad SMARTS) is 1. The SMILES string of the molecule is [N-]=[N+]=Nc1ccc(-c2ccccc2C(=O)O)c(N)c1. The van der Waals surface area contributed by atoms with Gasteiger partial charge in [0.15, 0.2) is 0 Å². The minimum absolute atomic E-state index is 0.172. The van der Waals surface area contributed by atoms with E-state index in [1.54, 1.807) is 30.3 Å². The van der Waals surface area contributed by atoms with Crippen LogP contribution in [-0.4, -0.2) is 11.1 Å². The summed E-state index contributed by atoms with van der Waals surface area (Å²) in [6.45, 7) is 0. The van der Waals surface area contributed by atoms with Gasteiger partial charge in [-0.25, -0.2) is 4.79 Å². The summed E-state index contributed by atoms with van der Waals surface area (Å²) < 4.78 is 0. The van der Waals surface area contributed by atoms with Gasteiger partial charge in [0.1, 0.15) is 0 Å². The molecule has 0 fully saturated rings. The zero-order valence-corrected chi connectivity index (χ0v) is 9.82. The van der Waals surface area contributed by atoms with E-state index in [-0.39, 0.29) is 5.56 Å². The molecule has 0 aliphatic carbocycles. The van der Waals surface area contributed by atoms with Crippen LogP contribution >= 0.6 is 0 Å². The number of nitrogens with two attached hydrogens (primary N) is 1. The van der Waals surface area contributed by atoms with Crippen molar-refractivity contribution in [1.29, 1.82) is 0 Å². The molecule has 0 unspecified atom stereocenters. The molecule has 0 saturated carbocycles. The molecule has 6 heteroatoms. The molecule has 0 spiro atoms. The Morgan fingerprint density at radius 1 is 1.21 bits per heavy atom. The molecule has 0 aliphatic rings. The first-order valence-corrected chi connectivity index (χ1v) is 5.41. The molecule has 0 radical (unpaired) electrons. The van der Waals surface area contributed by atoms with Crippen LogP contribution in [0.5, 0.6) is 0 Å². The Morgan fingerprint density at radius 2 is 1.95 bits per heavy atom. The minimum atomic E-state index is -1.02. The van der Waals surface area contributed by atoms with Gasteiger partial charge >= 0.3 is 5.97 Å². The number of anilines is 1. The van der Waals surface area contributed by atoms with Crippen molar-refractivity contribution in [1.82, 2.24) is 0 Å². The van der Waals surface area contributed by atoms with E-state index in [1.165, 1.54) is 12.1 Å². The Labute approximate surface area is 108 Å². The summed E-state index contributed by atoms with van der Waals surface area (Å²) in [5.41, 5.74) is 16.3. The van der Waals surface area contributed by atoms with E-state index in [1.807, 2.05) is 0 Å². The Kier molecular flexibility index (Phi) is 3.36. The Morgan fingerprint density at radius 3 is 2.58 bits per heavy atom. The van der Waals surface area contributed by atoms with Gasteiger partial charge < -0.3 is 10.8 Å². The van der Waals surface area contributed by atoms with Crippen molar-refractivity contribution in [3.8, 4) is 11.1 Å². The third kappa shape index (κ3) is 2.48. The molecule has 0 amide bonds. The molecule has 0 saturated heterocycles. The molecule has 19 heavy (non-hydrogen) atoms. The van der Waals surface area contributed by atoms with Gasteiger partial charge in [0.2, 0.25) is 0 Å². The summed E-state index contributed by atoms with van der Waals surface area (Å²) >= 11 is 0. The molecule has 0 aromatic heterocycles. The summed E-state index contributed by atoms with van der Waals surface area (Å²) in [4.78, 5) is 13.8. The number of carboxylic acids is 1. The van der Waals surface area contributed by atoms with Gasteiger partial charge in [0.05, 0.1) is 5.56 Å². The molecule has 2 aromatic rings. The van der Waals surface area contributed by atoms with Crippen LogP contribution < -0.4 is 5.73 Å². The van der Waals surface area contributed by atoms with E-state index in [4.69, 9.17) is 16.4 Å². The number of nitrogens with zero attached hydrogens (tertiary/aromatic N) is 3. The first-order valence-electron chi connectivity index (χ1n) is 5.41. The molecular formula is C13H10N4O2. The van der Waals surface area contributed by atoms with Crippen molar-refractivity contribution < 1.29 is 9.90 Å². The normalized spacial score (nSPS) is 9.68.